The summed E-state index contributed by atoms with van der Waals surface area (Å²) in [6, 6.07) is 0. The first-order chi connectivity index (χ1) is 10.3. The summed E-state index contributed by atoms with van der Waals surface area (Å²) >= 11 is 0. The summed E-state index contributed by atoms with van der Waals surface area (Å²) < 4.78 is 12.2. The van der Waals surface area contributed by atoms with Crippen molar-refractivity contribution in [2.45, 2.75) is 69.7 Å². The number of hydrogen-bond acceptors (Lipinski definition) is 3. The molecule has 1 saturated heterocycles. The van der Waals surface area contributed by atoms with Gasteiger partial charge in [0.25, 0.3) is 0 Å². The number of guanidine groups is 1. The van der Waals surface area contributed by atoms with Gasteiger partial charge in [-0.15, -0.1) is 24.0 Å². The zero-order valence-corrected chi connectivity index (χ0v) is 15.7. The molecular formula is C16H30IN3O2. The van der Waals surface area contributed by atoms with E-state index < -0.39 is 0 Å². The highest BCUT2D eigenvalue weighted by Gasteiger charge is 2.41. The van der Waals surface area contributed by atoms with Gasteiger partial charge in [0.1, 0.15) is 6.10 Å². The van der Waals surface area contributed by atoms with E-state index in [1.165, 1.54) is 44.9 Å². The van der Waals surface area contributed by atoms with Crippen LogP contribution in [0.2, 0.25) is 0 Å². The molecule has 0 radical (unpaired) electrons. The average molecular weight is 423 g/mol. The third-order valence-corrected chi connectivity index (χ3v) is 5.03. The lowest BCUT2D eigenvalue weighted by atomic mass is 9.86. The molecule has 0 bridgehead atoms. The SMILES string of the molecule is I.NC(=NCC1CCC1)NCC1COC2(CCCCCC2)O1. The molecule has 5 nitrogen and oxygen atoms in total. The fraction of sp³-hybridized carbons (Fsp3) is 0.938. The zero-order valence-electron chi connectivity index (χ0n) is 13.4. The van der Waals surface area contributed by atoms with Gasteiger partial charge in [0, 0.05) is 25.9 Å². The van der Waals surface area contributed by atoms with Gasteiger partial charge in [-0.05, 0) is 31.6 Å². The first kappa shape index (κ1) is 18.3. The molecule has 2 aliphatic carbocycles. The molecular weight excluding hydrogens is 393 g/mol. The maximum atomic E-state index is 6.18. The summed E-state index contributed by atoms with van der Waals surface area (Å²) in [5, 5.41) is 3.19. The van der Waals surface area contributed by atoms with Crippen LogP contribution in [0.25, 0.3) is 0 Å². The number of rotatable bonds is 4. The number of ether oxygens (including phenoxy) is 2. The Labute approximate surface area is 150 Å². The van der Waals surface area contributed by atoms with Gasteiger partial charge in [0.15, 0.2) is 11.7 Å². The fourth-order valence-corrected chi connectivity index (χ4v) is 3.42. The minimum absolute atomic E-state index is 0. The van der Waals surface area contributed by atoms with E-state index in [2.05, 4.69) is 10.3 Å². The molecule has 3 aliphatic rings. The Kier molecular flexibility index (Phi) is 7.21. The van der Waals surface area contributed by atoms with Gasteiger partial charge in [-0.25, -0.2) is 0 Å². The van der Waals surface area contributed by atoms with E-state index in [4.69, 9.17) is 15.2 Å². The van der Waals surface area contributed by atoms with Crippen molar-refractivity contribution in [3.63, 3.8) is 0 Å². The van der Waals surface area contributed by atoms with Crippen molar-refractivity contribution < 1.29 is 9.47 Å². The molecule has 2 saturated carbocycles. The van der Waals surface area contributed by atoms with E-state index in [1.54, 1.807) is 0 Å². The maximum absolute atomic E-state index is 6.18. The zero-order chi connectivity index (χ0) is 14.5. The Hall–Kier alpha value is -0.0800. The number of aliphatic imine (C=N–C) groups is 1. The largest absolute Gasteiger partial charge is 0.370 e. The first-order valence-electron chi connectivity index (χ1n) is 8.61. The van der Waals surface area contributed by atoms with Crippen molar-refractivity contribution in [3.05, 3.63) is 0 Å². The smallest absolute Gasteiger partial charge is 0.188 e. The Bertz CT molecular complexity index is 366. The number of halogens is 1. The summed E-state index contributed by atoms with van der Waals surface area (Å²) in [5.74, 6) is 0.999. The molecule has 1 aliphatic heterocycles. The molecule has 0 amide bonds. The van der Waals surface area contributed by atoms with Crippen LogP contribution < -0.4 is 11.1 Å². The summed E-state index contributed by atoms with van der Waals surface area (Å²) in [6.45, 7) is 2.23. The number of nitrogens with zero attached hydrogens (tertiary/aromatic N) is 1. The van der Waals surface area contributed by atoms with Crippen molar-refractivity contribution in [3.8, 4) is 0 Å². The highest BCUT2D eigenvalue weighted by Crippen LogP contribution is 2.36. The quantitative estimate of drug-likeness (QED) is 0.415. The van der Waals surface area contributed by atoms with Crippen LogP contribution in [0, 0.1) is 5.92 Å². The molecule has 22 heavy (non-hydrogen) atoms. The molecule has 128 valence electrons. The molecule has 1 spiro atoms. The molecule has 6 heteroatoms. The Balaban J connectivity index is 0.00000176. The second kappa shape index (κ2) is 8.68. The Morgan fingerprint density at radius 3 is 2.50 bits per heavy atom. The standard InChI is InChI=1S/C16H29N3O2.HI/c17-15(18-10-13-6-5-7-13)19-11-14-12-20-16(21-14)8-3-1-2-4-9-16;/h13-14H,1-12H2,(H3,17,18,19);1H. The number of hydrogen-bond donors (Lipinski definition) is 2. The van der Waals surface area contributed by atoms with Crippen molar-refractivity contribution >= 4 is 29.9 Å². The molecule has 0 aromatic heterocycles. The molecule has 0 aromatic rings. The lowest BCUT2D eigenvalue weighted by molar-refractivity contribution is -0.175. The fourth-order valence-electron chi connectivity index (χ4n) is 3.42. The summed E-state index contributed by atoms with van der Waals surface area (Å²) in [4.78, 5) is 4.41. The summed E-state index contributed by atoms with van der Waals surface area (Å²) in [5.41, 5.74) is 5.92. The third kappa shape index (κ3) is 4.96. The van der Waals surface area contributed by atoms with Crippen molar-refractivity contribution in [2.75, 3.05) is 19.7 Å². The van der Waals surface area contributed by atoms with Crippen molar-refractivity contribution in [1.29, 1.82) is 0 Å². The van der Waals surface area contributed by atoms with Crippen LogP contribution in [-0.2, 0) is 9.47 Å². The molecule has 3 fully saturated rings. The lowest BCUT2D eigenvalue weighted by Gasteiger charge is -2.26. The molecule has 1 unspecified atom stereocenters. The minimum atomic E-state index is -0.305. The normalized spacial score (nSPS) is 28.7. The monoisotopic (exact) mass is 423 g/mol. The van der Waals surface area contributed by atoms with Gasteiger partial charge in [0.05, 0.1) is 6.61 Å². The second-order valence-corrected chi connectivity index (χ2v) is 6.78. The number of nitrogens with two attached hydrogens (primary N) is 1. The van der Waals surface area contributed by atoms with E-state index >= 15 is 0 Å². The summed E-state index contributed by atoms with van der Waals surface area (Å²) in [6.07, 6.45) is 11.2. The molecule has 0 aromatic carbocycles. The van der Waals surface area contributed by atoms with Crippen LogP contribution in [0.3, 0.4) is 0 Å². The predicted molar refractivity (Wildman–Crippen MR) is 98.5 cm³/mol. The van der Waals surface area contributed by atoms with Crippen LogP contribution in [0.4, 0.5) is 0 Å². The van der Waals surface area contributed by atoms with Crippen LogP contribution in [0.5, 0.6) is 0 Å². The van der Waals surface area contributed by atoms with Gasteiger partial charge in [-0.1, -0.05) is 19.3 Å². The minimum Gasteiger partial charge on any atom is -0.370 e. The molecule has 1 atom stereocenters. The predicted octanol–water partition coefficient (Wildman–Crippen LogP) is 2.77. The Morgan fingerprint density at radius 1 is 1.14 bits per heavy atom. The van der Waals surface area contributed by atoms with Gasteiger partial charge in [0.2, 0.25) is 0 Å². The highest BCUT2D eigenvalue weighted by molar-refractivity contribution is 14.0. The van der Waals surface area contributed by atoms with Crippen LogP contribution in [0.15, 0.2) is 4.99 Å². The van der Waals surface area contributed by atoms with Crippen LogP contribution in [-0.4, -0.2) is 37.5 Å². The van der Waals surface area contributed by atoms with E-state index in [1.807, 2.05) is 0 Å². The highest BCUT2D eigenvalue weighted by atomic mass is 127. The second-order valence-electron chi connectivity index (χ2n) is 6.78. The van der Waals surface area contributed by atoms with E-state index in [9.17, 15) is 0 Å². The van der Waals surface area contributed by atoms with E-state index in [-0.39, 0.29) is 35.9 Å². The van der Waals surface area contributed by atoms with Gasteiger partial charge < -0.3 is 20.5 Å². The van der Waals surface area contributed by atoms with Gasteiger partial charge in [-0.2, -0.15) is 0 Å². The molecule has 3 rings (SSSR count). The number of nitrogens with one attached hydrogen (secondary N) is 1. The topological polar surface area (TPSA) is 68.9 Å². The first-order valence-corrected chi connectivity index (χ1v) is 8.61. The average Bonchev–Trinajstić information content (AvgIpc) is 2.67. The van der Waals surface area contributed by atoms with Crippen molar-refractivity contribution in [1.82, 2.24) is 5.32 Å². The van der Waals surface area contributed by atoms with E-state index in [0.717, 1.165) is 25.3 Å². The molecule has 1 heterocycles. The lowest BCUT2D eigenvalue weighted by Crippen LogP contribution is -2.40. The summed E-state index contributed by atoms with van der Waals surface area (Å²) in [7, 11) is 0. The molecule has 3 N–H and O–H groups in total. The Morgan fingerprint density at radius 2 is 1.86 bits per heavy atom. The maximum Gasteiger partial charge on any atom is 0.188 e. The van der Waals surface area contributed by atoms with Crippen LogP contribution >= 0.6 is 24.0 Å². The van der Waals surface area contributed by atoms with Crippen LogP contribution in [0.1, 0.15) is 57.8 Å². The third-order valence-electron chi connectivity index (χ3n) is 5.03. The van der Waals surface area contributed by atoms with Crippen molar-refractivity contribution in [2.24, 2.45) is 16.6 Å². The van der Waals surface area contributed by atoms with Gasteiger partial charge >= 0.3 is 0 Å². The van der Waals surface area contributed by atoms with Gasteiger partial charge in [-0.3, -0.25) is 4.99 Å². The van der Waals surface area contributed by atoms with E-state index in [0.29, 0.717) is 19.1 Å².